The summed E-state index contributed by atoms with van der Waals surface area (Å²) in [4.78, 5) is 37.4. The molecule has 1 aliphatic carbocycles. The molecule has 3 fully saturated rings. The number of hydrogen-bond acceptors (Lipinski definition) is 5. The number of carbonyl (C=O) groups excluding carboxylic acids is 2. The van der Waals surface area contributed by atoms with Gasteiger partial charge in [-0.3, -0.25) is 19.3 Å². The van der Waals surface area contributed by atoms with Gasteiger partial charge in [0.25, 0.3) is 6.47 Å². The van der Waals surface area contributed by atoms with Crippen LogP contribution in [0.4, 0.5) is 0 Å². The number of nitrogens with one attached hydrogen (secondary N) is 1. The van der Waals surface area contributed by atoms with Crippen molar-refractivity contribution in [3.05, 3.63) is 0 Å². The van der Waals surface area contributed by atoms with E-state index >= 15 is 0 Å². The SMILES string of the molecule is CN(CC(=O)N1CC[C@H](O)[C@@]2(CCCNC2=O)C1)C1CCCC1.O=CO. The second kappa shape index (κ2) is 9.32. The van der Waals surface area contributed by atoms with Crippen molar-refractivity contribution in [2.75, 3.05) is 33.2 Å². The number of piperidine rings is 2. The van der Waals surface area contributed by atoms with E-state index < -0.39 is 11.5 Å². The molecule has 0 aromatic rings. The van der Waals surface area contributed by atoms with E-state index in [0.29, 0.717) is 45.1 Å². The number of carbonyl (C=O) groups is 3. The Morgan fingerprint density at radius 2 is 2.00 bits per heavy atom. The van der Waals surface area contributed by atoms with E-state index in [0.717, 1.165) is 6.42 Å². The van der Waals surface area contributed by atoms with Gasteiger partial charge in [-0.15, -0.1) is 0 Å². The Labute approximate surface area is 154 Å². The standard InChI is InChI=1S/C17H29N3O3.CH2O2/c1-19(13-5-2-3-6-13)11-15(22)20-10-7-14(21)17(12-20)8-4-9-18-16(17)23;2-1-3/h13-14,21H,2-12H2,1H3,(H,18,23);1H,(H,2,3)/t14-,17+;/m0./s1. The van der Waals surface area contributed by atoms with Crippen LogP contribution in [0.2, 0.25) is 0 Å². The molecule has 8 nitrogen and oxygen atoms in total. The van der Waals surface area contributed by atoms with Crippen LogP contribution in [0.3, 0.4) is 0 Å². The highest BCUT2D eigenvalue weighted by molar-refractivity contribution is 5.86. The number of nitrogens with zero attached hydrogens (tertiary/aromatic N) is 2. The summed E-state index contributed by atoms with van der Waals surface area (Å²) in [5.41, 5.74) is -0.794. The van der Waals surface area contributed by atoms with E-state index in [9.17, 15) is 14.7 Å². The number of hydrogen-bond donors (Lipinski definition) is 3. The second-order valence-corrected chi connectivity index (χ2v) is 7.59. The van der Waals surface area contributed by atoms with Gasteiger partial charge in [0.2, 0.25) is 11.8 Å². The van der Waals surface area contributed by atoms with Gasteiger partial charge < -0.3 is 20.4 Å². The molecule has 8 heteroatoms. The molecule has 3 rings (SSSR count). The predicted octanol–water partition coefficient (Wildman–Crippen LogP) is 0.0512. The van der Waals surface area contributed by atoms with Crippen molar-refractivity contribution in [1.82, 2.24) is 15.1 Å². The van der Waals surface area contributed by atoms with Crippen LogP contribution in [0.5, 0.6) is 0 Å². The van der Waals surface area contributed by atoms with Crippen molar-refractivity contribution in [2.24, 2.45) is 5.41 Å². The minimum atomic E-state index is -0.794. The quantitative estimate of drug-likeness (QED) is 0.607. The lowest BCUT2D eigenvalue weighted by atomic mass is 9.71. The summed E-state index contributed by atoms with van der Waals surface area (Å²) in [7, 11) is 2.02. The molecule has 0 aromatic carbocycles. The van der Waals surface area contributed by atoms with E-state index in [1.807, 2.05) is 7.05 Å². The highest BCUT2D eigenvalue weighted by Crippen LogP contribution is 2.37. The number of likely N-dealkylation sites (N-methyl/N-ethyl adjacent to an activating group) is 1. The zero-order chi connectivity index (χ0) is 19.2. The number of likely N-dealkylation sites (tertiary alicyclic amines) is 1. The van der Waals surface area contributed by atoms with Gasteiger partial charge in [0.1, 0.15) is 0 Å². The molecule has 2 atom stereocenters. The lowest BCUT2D eigenvalue weighted by molar-refractivity contribution is -0.155. The molecular weight excluding hydrogens is 338 g/mol. The smallest absolute Gasteiger partial charge is 0.290 e. The van der Waals surface area contributed by atoms with Crippen molar-refractivity contribution >= 4 is 18.3 Å². The van der Waals surface area contributed by atoms with Gasteiger partial charge in [-0.2, -0.15) is 0 Å². The van der Waals surface area contributed by atoms with Gasteiger partial charge >= 0.3 is 0 Å². The fourth-order valence-corrected chi connectivity index (χ4v) is 4.44. The summed E-state index contributed by atoms with van der Waals surface area (Å²) >= 11 is 0. The molecule has 0 radical (unpaired) electrons. The molecule has 148 valence electrons. The van der Waals surface area contributed by atoms with E-state index in [1.54, 1.807) is 4.90 Å². The Morgan fingerprint density at radius 3 is 2.62 bits per heavy atom. The van der Waals surface area contributed by atoms with Crippen LogP contribution < -0.4 is 5.32 Å². The van der Waals surface area contributed by atoms with E-state index in [-0.39, 0.29) is 18.3 Å². The molecular formula is C18H31N3O5. The third-order valence-electron chi connectivity index (χ3n) is 6.01. The lowest BCUT2D eigenvalue weighted by Gasteiger charge is -2.47. The molecule has 0 unspecified atom stereocenters. The molecule has 3 aliphatic rings. The van der Waals surface area contributed by atoms with Gasteiger partial charge in [0, 0.05) is 25.7 Å². The molecule has 2 amide bonds. The predicted molar refractivity (Wildman–Crippen MR) is 95.5 cm³/mol. The topological polar surface area (TPSA) is 110 Å². The summed E-state index contributed by atoms with van der Waals surface area (Å²) < 4.78 is 0. The molecule has 0 aromatic heterocycles. The first-order chi connectivity index (χ1) is 12.4. The van der Waals surface area contributed by atoms with E-state index in [1.165, 1.54) is 25.7 Å². The normalized spacial score (nSPS) is 29.3. The van der Waals surface area contributed by atoms with Crippen LogP contribution in [0.1, 0.15) is 44.9 Å². The molecule has 26 heavy (non-hydrogen) atoms. The molecule has 3 N–H and O–H groups in total. The van der Waals surface area contributed by atoms with Gasteiger partial charge in [0.15, 0.2) is 0 Å². The number of aliphatic hydroxyl groups is 1. The van der Waals surface area contributed by atoms with Crippen LogP contribution in [0, 0.1) is 5.41 Å². The molecule has 1 spiro atoms. The van der Waals surface area contributed by atoms with Crippen molar-refractivity contribution in [2.45, 2.75) is 57.1 Å². The van der Waals surface area contributed by atoms with Crippen molar-refractivity contribution in [3.63, 3.8) is 0 Å². The van der Waals surface area contributed by atoms with Gasteiger partial charge in [-0.05, 0) is 39.2 Å². The molecule has 2 heterocycles. The van der Waals surface area contributed by atoms with Crippen LogP contribution in [-0.4, -0.2) is 83.7 Å². The number of aliphatic hydroxyl groups excluding tert-OH is 1. The molecule has 0 bridgehead atoms. The summed E-state index contributed by atoms with van der Waals surface area (Å²) in [6.45, 7) is 1.75. The first-order valence-corrected chi connectivity index (χ1v) is 9.47. The first-order valence-electron chi connectivity index (χ1n) is 9.47. The van der Waals surface area contributed by atoms with Gasteiger partial charge in [0.05, 0.1) is 18.1 Å². The second-order valence-electron chi connectivity index (χ2n) is 7.59. The van der Waals surface area contributed by atoms with Gasteiger partial charge in [-0.25, -0.2) is 0 Å². The average Bonchev–Trinajstić information content (AvgIpc) is 3.15. The van der Waals surface area contributed by atoms with Crippen LogP contribution in [-0.2, 0) is 14.4 Å². The minimum Gasteiger partial charge on any atom is -0.483 e. The minimum absolute atomic E-state index is 0.0853. The first kappa shape index (κ1) is 20.6. The number of rotatable bonds is 3. The summed E-state index contributed by atoms with van der Waals surface area (Å²) in [6, 6.07) is 0.515. The largest absolute Gasteiger partial charge is 0.483 e. The number of carboxylic acid groups (broad SMARTS) is 1. The lowest BCUT2D eigenvalue weighted by Crippen LogP contribution is -2.62. The zero-order valence-corrected chi connectivity index (χ0v) is 15.5. The fourth-order valence-electron chi connectivity index (χ4n) is 4.44. The molecule has 2 aliphatic heterocycles. The number of amides is 2. The Morgan fingerprint density at radius 1 is 1.35 bits per heavy atom. The van der Waals surface area contributed by atoms with E-state index in [4.69, 9.17) is 9.90 Å². The maximum Gasteiger partial charge on any atom is 0.290 e. The summed E-state index contributed by atoms with van der Waals surface area (Å²) in [5, 5.41) is 20.2. The highest BCUT2D eigenvalue weighted by atomic mass is 16.3. The summed E-state index contributed by atoms with van der Waals surface area (Å²) in [5.74, 6) is 0.00180. The van der Waals surface area contributed by atoms with Crippen molar-refractivity contribution < 1.29 is 24.6 Å². The monoisotopic (exact) mass is 369 g/mol. The van der Waals surface area contributed by atoms with Gasteiger partial charge in [-0.1, -0.05) is 12.8 Å². The van der Waals surface area contributed by atoms with Crippen molar-refractivity contribution in [1.29, 1.82) is 0 Å². The zero-order valence-electron chi connectivity index (χ0n) is 15.5. The summed E-state index contributed by atoms with van der Waals surface area (Å²) in [6.07, 6.45) is 6.25. The Bertz CT molecular complexity index is 509. The molecule has 1 saturated carbocycles. The highest BCUT2D eigenvalue weighted by Gasteiger charge is 2.50. The Balaban J connectivity index is 0.000000758. The van der Waals surface area contributed by atoms with Crippen LogP contribution >= 0.6 is 0 Å². The Hall–Kier alpha value is -1.67. The fraction of sp³-hybridized carbons (Fsp3) is 0.833. The maximum absolute atomic E-state index is 12.7. The maximum atomic E-state index is 12.7. The Kier molecular flexibility index (Phi) is 7.40. The van der Waals surface area contributed by atoms with Crippen LogP contribution in [0.25, 0.3) is 0 Å². The van der Waals surface area contributed by atoms with Crippen LogP contribution in [0.15, 0.2) is 0 Å². The van der Waals surface area contributed by atoms with Crippen molar-refractivity contribution in [3.8, 4) is 0 Å². The van der Waals surface area contributed by atoms with E-state index in [2.05, 4.69) is 10.2 Å². The molecule has 2 saturated heterocycles. The third kappa shape index (κ3) is 4.54. The third-order valence-corrected chi connectivity index (χ3v) is 6.01. The average molecular weight is 369 g/mol.